The lowest BCUT2D eigenvalue weighted by atomic mass is 10.0. The second-order valence-electron chi connectivity index (χ2n) is 7.21. The molecule has 6 heteroatoms. The van der Waals surface area contributed by atoms with Gasteiger partial charge >= 0.3 is 0 Å². The molecule has 1 aromatic heterocycles. The molecule has 0 aliphatic carbocycles. The van der Waals surface area contributed by atoms with E-state index in [4.69, 9.17) is 9.47 Å². The van der Waals surface area contributed by atoms with Crippen molar-refractivity contribution in [2.45, 2.75) is 45.9 Å². The van der Waals surface area contributed by atoms with Gasteiger partial charge in [-0.05, 0) is 62.9 Å². The summed E-state index contributed by atoms with van der Waals surface area (Å²) in [4.78, 5) is 14.6. The maximum atomic E-state index is 12.1. The van der Waals surface area contributed by atoms with Gasteiger partial charge in [-0.3, -0.25) is 4.79 Å². The number of hydrogen-bond donors (Lipinski definition) is 0. The number of benzene rings is 1. The molecule has 1 aromatic carbocycles. The van der Waals surface area contributed by atoms with Gasteiger partial charge < -0.3 is 14.4 Å². The normalized spacial score (nSPS) is 17.4. The molecule has 1 atom stereocenters. The molecule has 0 unspecified atom stereocenters. The van der Waals surface area contributed by atoms with Crippen molar-refractivity contribution in [1.82, 2.24) is 14.7 Å². The largest absolute Gasteiger partial charge is 0.494 e. The minimum atomic E-state index is -0.176. The van der Waals surface area contributed by atoms with Gasteiger partial charge in [-0.15, -0.1) is 0 Å². The van der Waals surface area contributed by atoms with Crippen LogP contribution in [0.5, 0.6) is 5.75 Å². The molecule has 0 amide bonds. The fourth-order valence-corrected chi connectivity index (χ4v) is 3.63. The Bertz CT molecular complexity index is 819. The van der Waals surface area contributed by atoms with Crippen LogP contribution < -0.4 is 10.3 Å². The first-order chi connectivity index (χ1) is 13.1. The highest BCUT2D eigenvalue weighted by molar-refractivity contribution is 5.66. The molecule has 3 rings (SSSR count). The van der Waals surface area contributed by atoms with E-state index in [9.17, 15) is 4.79 Å². The molecule has 2 aromatic rings. The van der Waals surface area contributed by atoms with E-state index < -0.39 is 0 Å². The van der Waals surface area contributed by atoms with Gasteiger partial charge in [0.25, 0.3) is 5.56 Å². The monoisotopic (exact) mass is 371 g/mol. The summed E-state index contributed by atoms with van der Waals surface area (Å²) in [5, 5.41) is 4.16. The summed E-state index contributed by atoms with van der Waals surface area (Å²) in [7, 11) is 1.54. The van der Waals surface area contributed by atoms with Gasteiger partial charge in [0.2, 0.25) is 0 Å². The molecular weight excluding hydrogens is 342 g/mol. The molecule has 1 aliphatic rings. The number of likely N-dealkylation sites (tertiary alicyclic amines) is 1. The van der Waals surface area contributed by atoms with Crippen LogP contribution in [-0.2, 0) is 11.5 Å². The van der Waals surface area contributed by atoms with Crippen molar-refractivity contribution in [2.75, 3.05) is 26.8 Å². The Balaban J connectivity index is 1.58. The number of hydrogen-bond acceptors (Lipinski definition) is 5. The second kappa shape index (κ2) is 9.15. The molecule has 0 spiro atoms. The molecule has 0 N–H and O–H groups in total. The molecule has 1 fully saturated rings. The van der Waals surface area contributed by atoms with Crippen molar-refractivity contribution in [2.24, 2.45) is 0 Å². The molecule has 6 nitrogen and oxygen atoms in total. The fraction of sp³-hybridized carbons (Fsp3) is 0.524. The molecule has 146 valence electrons. The van der Waals surface area contributed by atoms with Gasteiger partial charge in [-0.1, -0.05) is 6.07 Å². The van der Waals surface area contributed by atoms with Gasteiger partial charge in [-0.2, -0.15) is 5.10 Å². The first-order valence-corrected chi connectivity index (χ1v) is 9.62. The Morgan fingerprint density at radius 3 is 2.81 bits per heavy atom. The lowest BCUT2D eigenvalue weighted by Crippen LogP contribution is -2.28. The summed E-state index contributed by atoms with van der Waals surface area (Å²) >= 11 is 0. The van der Waals surface area contributed by atoms with E-state index in [-0.39, 0.29) is 12.3 Å². The molecule has 0 saturated carbocycles. The topological polar surface area (TPSA) is 56.6 Å². The van der Waals surface area contributed by atoms with Crippen LogP contribution in [0.2, 0.25) is 0 Å². The molecule has 2 heterocycles. The Labute approximate surface area is 160 Å². The van der Waals surface area contributed by atoms with E-state index in [0.29, 0.717) is 6.04 Å². The Kier molecular flexibility index (Phi) is 6.63. The van der Waals surface area contributed by atoms with Gasteiger partial charge in [0.15, 0.2) is 0 Å². The van der Waals surface area contributed by atoms with E-state index >= 15 is 0 Å². The predicted molar refractivity (Wildman–Crippen MR) is 106 cm³/mol. The number of nitrogens with zero attached hydrogens (tertiary/aromatic N) is 3. The maximum absolute atomic E-state index is 12.1. The number of ether oxygens (including phenoxy) is 2. The fourth-order valence-electron chi connectivity index (χ4n) is 3.63. The lowest BCUT2D eigenvalue weighted by Gasteiger charge is -2.20. The summed E-state index contributed by atoms with van der Waals surface area (Å²) in [5.74, 6) is 0.867. The van der Waals surface area contributed by atoms with Crippen molar-refractivity contribution < 1.29 is 9.47 Å². The van der Waals surface area contributed by atoms with Crippen molar-refractivity contribution in [3.63, 3.8) is 0 Å². The van der Waals surface area contributed by atoms with Gasteiger partial charge in [0.1, 0.15) is 12.5 Å². The number of aryl methyl sites for hydroxylation is 1. The van der Waals surface area contributed by atoms with Crippen molar-refractivity contribution in [3.05, 3.63) is 46.4 Å². The molecule has 1 aliphatic heterocycles. The predicted octanol–water partition coefficient (Wildman–Crippen LogP) is 3.08. The van der Waals surface area contributed by atoms with E-state index in [1.807, 2.05) is 25.1 Å². The highest BCUT2D eigenvalue weighted by Crippen LogP contribution is 2.26. The van der Waals surface area contributed by atoms with Gasteiger partial charge in [-0.25, -0.2) is 4.68 Å². The van der Waals surface area contributed by atoms with Crippen LogP contribution in [0.3, 0.4) is 0 Å². The summed E-state index contributed by atoms with van der Waals surface area (Å²) in [6, 6.07) is 8.27. The molecule has 0 radical (unpaired) electrons. The third-order valence-electron chi connectivity index (χ3n) is 5.18. The number of methoxy groups -OCH3 is 1. The van der Waals surface area contributed by atoms with Crippen LogP contribution in [0.25, 0.3) is 11.1 Å². The Morgan fingerprint density at radius 2 is 2.15 bits per heavy atom. The van der Waals surface area contributed by atoms with E-state index in [1.165, 1.54) is 31.2 Å². The SMILES string of the molecule is COCn1ncc(-c2ccc(OCCCN3CCC[C@H]3C)cc2C)cc1=O. The van der Waals surface area contributed by atoms with Gasteiger partial charge in [0.05, 0.1) is 12.8 Å². The quantitative estimate of drug-likeness (QED) is 0.668. The maximum Gasteiger partial charge on any atom is 0.269 e. The molecule has 0 bridgehead atoms. The molecular formula is C21H29N3O3. The van der Waals surface area contributed by atoms with E-state index in [0.717, 1.165) is 42.0 Å². The lowest BCUT2D eigenvalue weighted by molar-refractivity contribution is 0.116. The molecule has 27 heavy (non-hydrogen) atoms. The summed E-state index contributed by atoms with van der Waals surface area (Å²) in [6.45, 7) is 7.51. The minimum absolute atomic E-state index is 0.154. The van der Waals surface area contributed by atoms with E-state index in [2.05, 4.69) is 16.9 Å². The zero-order valence-corrected chi connectivity index (χ0v) is 16.5. The first kappa shape index (κ1) is 19.6. The standard InChI is InChI=1S/C21H29N3O3/c1-16-12-19(27-11-5-10-23-9-4-6-17(23)2)7-8-20(16)18-13-21(25)24(15-26-3)22-14-18/h7-8,12-14,17H,4-6,9-11,15H2,1-3H3/t17-/m1/s1. The summed E-state index contributed by atoms with van der Waals surface area (Å²) in [6.07, 6.45) is 5.35. The number of aromatic nitrogens is 2. The summed E-state index contributed by atoms with van der Waals surface area (Å²) in [5.41, 5.74) is 2.68. The third-order valence-corrected chi connectivity index (χ3v) is 5.18. The van der Waals surface area contributed by atoms with Crippen molar-refractivity contribution >= 4 is 0 Å². The first-order valence-electron chi connectivity index (χ1n) is 9.62. The van der Waals surface area contributed by atoms with Crippen LogP contribution in [0.1, 0.15) is 31.7 Å². The molecule has 1 saturated heterocycles. The zero-order chi connectivity index (χ0) is 19.2. The zero-order valence-electron chi connectivity index (χ0n) is 16.5. The van der Waals surface area contributed by atoms with Gasteiger partial charge in [0, 0.05) is 31.3 Å². The van der Waals surface area contributed by atoms with Crippen LogP contribution in [0.4, 0.5) is 0 Å². The Morgan fingerprint density at radius 1 is 1.30 bits per heavy atom. The summed E-state index contributed by atoms with van der Waals surface area (Å²) < 4.78 is 12.2. The van der Waals surface area contributed by atoms with Crippen molar-refractivity contribution in [3.8, 4) is 16.9 Å². The highest BCUT2D eigenvalue weighted by Gasteiger charge is 2.19. The van der Waals surface area contributed by atoms with Crippen LogP contribution in [0.15, 0.2) is 35.3 Å². The third kappa shape index (κ3) is 4.96. The average molecular weight is 371 g/mol. The highest BCUT2D eigenvalue weighted by atomic mass is 16.5. The second-order valence-corrected chi connectivity index (χ2v) is 7.21. The van der Waals surface area contributed by atoms with E-state index in [1.54, 1.807) is 12.3 Å². The van der Waals surface area contributed by atoms with Crippen LogP contribution in [0, 0.1) is 6.92 Å². The van der Waals surface area contributed by atoms with Crippen LogP contribution in [-0.4, -0.2) is 47.5 Å². The van der Waals surface area contributed by atoms with Crippen molar-refractivity contribution in [1.29, 1.82) is 0 Å². The van der Waals surface area contributed by atoms with Crippen LogP contribution >= 0.6 is 0 Å². The minimum Gasteiger partial charge on any atom is -0.494 e. The smallest absolute Gasteiger partial charge is 0.269 e. The Hall–Kier alpha value is -2.18. The average Bonchev–Trinajstić information content (AvgIpc) is 3.06. The number of rotatable bonds is 8.